The monoisotopic (exact) mass is 1140 g/mol. The van der Waals surface area contributed by atoms with E-state index < -0.39 is 64.7 Å². The van der Waals surface area contributed by atoms with Gasteiger partial charge in [0.1, 0.15) is 36.1 Å². The molecule has 0 aliphatic rings. The lowest BCUT2D eigenvalue weighted by Crippen LogP contribution is -2.36. The van der Waals surface area contributed by atoms with Crippen molar-refractivity contribution in [1.29, 1.82) is 0 Å². The number of methoxy groups -OCH3 is 4. The van der Waals surface area contributed by atoms with E-state index in [9.17, 15) is 48.4 Å². The van der Waals surface area contributed by atoms with Gasteiger partial charge in [-0.15, -0.1) is 0 Å². The van der Waals surface area contributed by atoms with Crippen LogP contribution in [0.5, 0.6) is 23.0 Å². The highest BCUT2D eigenvalue weighted by atomic mass is 32.2. The molecule has 0 radical (unpaired) electrons. The first-order chi connectivity index (χ1) is 37.2. The molecule has 0 saturated heterocycles. The van der Waals surface area contributed by atoms with E-state index in [1.165, 1.54) is 119 Å². The number of sulfone groups is 2. The standard InChI is InChI=1S/C29H29NO8S2.C27H25NO8S2/c1-4-38-29(31)19-30(40(34,35)25-16-12-23(37-3)13-17-25)28-18-9-21(26-7-5-6-8-27(26)28)20-39(32,33)24-14-10-22(36-2)11-15-24;1-35-20-8-12-22(13-9-20)37(31,32)18-19-7-16-26(25-6-4-3-5-24(19)25)28(17-27(29)30)38(33,34)23-14-10-21(36-2)11-15-23/h5-18H,4,19-20H2,1-3H3;3-16H,17-18H2,1-2H3,(H,29,30). The van der Waals surface area contributed by atoms with E-state index >= 15 is 0 Å². The second-order valence-electron chi connectivity index (χ2n) is 17.0. The number of nitrogens with zero attached hydrogens (tertiary/aromatic N) is 2. The van der Waals surface area contributed by atoms with Crippen LogP contribution < -0.4 is 27.6 Å². The molecule has 8 aromatic carbocycles. The Bertz CT molecular complexity index is 3920. The van der Waals surface area contributed by atoms with E-state index in [1.807, 2.05) is 0 Å². The number of fused-ring (bicyclic) bond motifs is 2. The normalized spacial score (nSPS) is 11.7. The zero-order chi connectivity index (χ0) is 56.4. The summed E-state index contributed by atoms with van der Waals surface area (Å²) in [6.45, 7) is 0.309. The van der Waals surface area contributed by atoms with Gasteiger partial charge in [-0.1, -0.05) is 60.7 Å². The number of hydrogen-bond donors (Lipinski definition) is 1. The molecule has 0 spiro atoms. The summed E-state index contributed by atoms with van der Waals surface area (Å²) in [7, 11) is -10.1. The summed E-state index contributed by atoms with van der Waals surface area (Å²) in [5, 5.41) is 11.5. The number of carboxylic acids is 1. The summed E-state index contributed by atoms with van der Waals surface area (Å²) in [5.41, 5.74) is 1.25. The van der Waals surface area contributed by atoms with E-state index in [0.717, 1.165) is 8.61 Å². The van der Waals surface area contributed by atoms with E-state index in [-0.39, 0.29) is 49.1 Å². The Morgan fingerprint density at radius 3 is 1.03 bits per heavy atom. The fourth-order valence-corrected chi connectivity index (χ4v) is 13.9. The van der Waals surface area contributed by atoms with E-state index in [0.29, 0.717) is 55.7 Å². The highest BCUT2D eigenvalue weighted by molar-refractivity contribution is 7.93. The number of carbonyl (C=O) groups is 2. The molecule has 22 heteroatoms. The van der Waals surface area contributed by atoms with Gasteiger partial charge in [-0.05, 0) is 138 Å². The zero-order valence-electron chi connectivity index (χ0n) is 42.8. The van der Waals surface area contributed by atoms with Crippen LogP contribution in [0.1, 0.15) is 18.1 Å². The molecule has 0 aliphatic heterocycles. The van der Waals surface area contributed by atoms with Crippen LogP contribution in [0.15, 0.2) is 189 Å². The second-order valence-corrected chi connectivity index (χ2v) is 24.7. The number of anilines is 2. The minimum Gasteiger partial charge on any atom is -0.497 e. The van der Waals surface area contributed by atoms with Crippen molar-refractivity contribution < 1.29 is 72.1 Å². The van der Waals surface area contributed by atoms with Gasteiger partial charge in [0.2, 0.25) is 0 Å². The Kier molecular flexibility index (Phi) is 18.0. The number of rotatable bonds is 21. The molecule has 0 amide bonds. The summed E-state index contributed by atoms with van der Waals surface area (Å²) in [5.74, 6) is -0.755. The second kappa shape index (κ2) is 24.4. The molecule has 408 valence electrons. The molecule has 0 bridgehead atoms. The maximum Gasteiger partial charge on any atom is 0.326 e. The van der Waals surface area contributed by atoms with Crippen molar-refractivity contribution in [2.45, 2.75) is 38.0 Å². The highest BCUT2D eigenvalue weighted by Crippen LogP contribution is 2.37. The Morgan fingerprint density at radius 1 is 0.410 bits per heavy atom. The first-order valence-electron chi connectivity index (χ1n) is 23.6. The Hall–Kier alpha value is -8.18. The third-order valence-electron chi connectivity index (χ3n) is 12.2. The molecule has 8 rings (SSSR count). The predicted octanol–water partition coefficient (Wildman–Crippen LogP) is 8.70. The lowest BCUT2D eigenvalue weighted by atomic mass is 10.0. The minimum atomic E-state index is -4.30. The van der Waals surface area contributed by atoms with E-state index in [2.05, 4.69) is 0 Å². The summed E-state index contributed by atoms with van der Waals surface area (Å²) in [4.78, 5) is 24.4. The summed E-state index contributed by atoms with van der Waals surface area (Å²) in [6, 6.07) is 43.2. The van der Waals surface area contributed by atoms with E-state index in [4.69, 9.17) is 23.7 Å². The number of aliphatic carboxylic acids is 1. The van der Waals surface area contributed by atoms with Crippen molar-refractivity contribution in [2.24, 2.45) is 0 Å². The number of hydrogen-bond acceptors (Lipinski definition) is 15. The fraction of sp³-hybridized carbons (Fsp3) is 0.179. The van der Waals surface area contributed by atoms with Crippen LogP contribution in [0, 0.1) is 0 Å². The molecule has 0 atom stereocenters. The molecule has 78 heavy (non-hydrogen) atoms. The van der Waals surface area contributed by atoms with Gasteiger partial charge in [0.25, 0.3) is 20.0 Å². The van der Waals surface area contributed by atoms with E-state index in [1.54, 1.807) is 85.8 Å². The fourth-order valence-electron chi connectivity index (χ4n) is 8.32. The van der Waals surface area contributed by atoms with Gasteiger partial charge in [-0.3, -0.25) is 18.2 Å². The number of benzene rings is 8. The van der Waals surface area contributed by atoms with Gasteiger partial charge in [0, 0.05) is 10.8 Å². The van der Waals surface area contributed by atoms with Crippen molar-refractivity contribution >= 4 is 84.6 Å². The van der Waals surface area contributed by atoms with Crippen molar-refractivity contribution in [1.82, 2.24) is 0 Å². The SMILES string of the molecule is CCOC(=O)CN(c1ccc(CS(=O)(=O)c2ccc(OC)cc2)c2ccccc12)S(=O)(=O)c1ccc(OC)cc1.COc1ccc(S(=O)(=O)Cc2ccc(N(CC(=O)O)S(=O)(=O)c3ccc(OC)cc3)c3ccccc23)cc1. The number of sulfonamides is 2. The molecule has 0 unspecified atom stereocenters. The molecule has 0 aliphatic carbocycles. The van der Waals surface area contributed by atoms with Crippen LogP contribution >= 0.6 is 0 Å². The first kappa shape index (κ1) is 57.5. The predicted molar refractivity (Wildman–Crippen MR) is 295 cm³/mol. The van der Waals surface area contributed by atoms with Gasteiger partial charge in [0.05, 0.1) is 77.5 Å². The van der Waals surface area contributed by atoms with Crippen molar-refractivity contribution in [3.63, 3.8) is 0 Å². The van der Waals surface area contributed by atoms with Gasteiger partial charge >= 0.3 is 11.9 Å². The molecule has 0 aromatic heterocycles. The quantitative estimate of drug-likeness (QED) is 0.0661. The average Bonchev–Trinajstić information content (AvgIpc) is 3.44. The number of carboxylic acid groups (broad SMARTS) is 1. The maximum atomic E-state index is 13.8. The van der Waals surface area contributed by atoms with Crippen LogP contribution in [0.2, 0.25) is 0 Å². The molecule has 1 N–H and O–H groups in total. The molecule has 18 nitrogen and oxygen atoms in total. The molecular weight excluding hydrogens is 1080 g/mol. The van der Waals surface area contributed by atoms with Gasteiger partial charge in [0.15, 0.2) is 19.7 Å². The number of carbonyl (C=O) groups excluding carboxylic acids is 1. The maximum absolute atomic E-state index is 13.8. The van der Waals surface area contributed by atoms with Crippen LogP contribution in [0.4, 0.5) is 11.4 Å². The molecular formula is C56H54N2O16S4. The van der Waals surface area contributed by atoms with Gasteiger partial charge in [-0.25, -0.2) is 33.7 Å². The molecule has 8 aromatic rings. The Balaban J connectivity index is 0.000000226. The highest BCUT2D eigenvalue weighted by Gasteiger charge is 2.32. The number of ether oxygens (including phenoxy) is 5. The molecule has 0 heterocycles. The third kappa shape index (κ3) is 13.0. The summed E-state index contributed by atoms with van der Waals surface area (Å²) >= 11 is 0. The lowest BCUT2D eigenvalue weighted by molar-refractivity contribution is -0.141. The van der Waals surface area contributed by atoms with Crippen LogP contribution in [0.3, 0.4) is 0 Å². The third-order valence-corrected chi connectivity index (χ3v) is 19.1. The largest absolute Gasteiger partial charge is 0.497 e. The first-order valence-corrected chi connectivity index (χ1v) is 29.8. The van der Waals surface area contributed by atoms with Gasteiger partial charge < -0.3 is 28.8 Å². The minimum absolute atomic E-state index is 0.0483. The average molecular weight is 1140 g/mol. The van der Waals surface area contributed by atoms with Crippen LogP contribution in [-0.2, 0) is 65.6 Å². The van der Waals surface area contributed by atoms with Crippen molar-refractivity contribution in [3.05, 3.63) is 181 Å². The summed E-state index contributed by atoms with van der Waals surface area (Å²) < 4.78 is 135. The lowest BCUT2D eigenvalue weighted by Gasteiger charge is -2.26. The number of esters is 1. The van der Waals surface area contributed by atoms with Crippen LogP contribution in [-0.4, -0.2) is 98.9 Å². The topological polar surface area (TPSA) is 244 Å². The van der Waals surface area contributed by atoms with Crippen molar-refractivity contribution in [3.8, 4) is 23.0 Å². The smallest absolute Gasteiger partial charge is 0.326 e. The zero-order valence-corrected chi connectivity index (χ0v) is 46.1. The summed E-state index contributed by atoms with van der Waals surface area (Å²) in [6.07, 6.45) is 0. The molecule has 0 saturated carbocycles. The Labute approximate surface area is 452 Å². The van der Waals surface area contributed by atoms with Crippen LogP contribution in [0.25, 0.3) is 21.5 Å². The molecule has 0 fully saturated rings. The Morgan fingerprint density at radius 2 is 0.718 bits per heavy atom. The van der Waals surface area contributed by atoms with Gasteiger partial charge in [-0.2, -0.15) is 0 Å². The van der Waals surface area contributed by atoms with Crippen molar-refractivity contribution in [2.75, 3.05) is 56.7 Å².